The van der Waals surface area contributed by atoms with Crippen LogP contribution in [0.3, 0.4) is 0 Å². The van der Waals surface area contributed by atoms with Gasteiger partial charge in [-0.2, -0.15) is 0 Å². The van der Waals surface area contributed by atoms with Gasteiger partial charge in [0.2, 0.25) is 0 Å². The van der Waals surface area contributed by atoms with Crippen molar-refractivity contribution in [2.24, 2.45) is 0 Å². The van der Waals surface area contributed by atoms with Crippen LogP contribution in [0, 0.1) is 23.3 Å². The topological polar surface area (TPSA) is 91.3 Å². The number of hydrogen-bond donors (Lipinski definition) is 0. The van der Waals surface area contributed by atoms with Gasteiger partial charge in [0.15, 0.2) is 8.68 Å². The number of carbonyl (C=O) groups excluding carboxylic acids is 2. The third-order valence-corrected chi connectivity index (χ3v) is 18.6. The molecule has 0 amide bonds. The summed E-state index contributed by atoms with van der Waals surface area (Å²) < 4.78 is 72.1. The molecule has 0 spiro atoms. The van der Waals surface area contributed by atoms with E-state index in [-0.39, 0.29) is 35.4 Å². The molecular formula is C57H52Cl2F4N6O4S4. The Bertz CT molecular complexity index is 2970. The lowest BCUT2D eigenvalue weighted by atomic mass is 9.96. The minimum absolute atomic E-state index is 0.235. The number of nitrogens with zero attached hydrogens (tertiary/aromatic N) is 6. The van der Waals surface area contributed by atoms with Crippen LogP contribution in [0.5, 0.6) is 0 Å². The van der Waals surface area contributed by atoms with Crippen molar-refractivity contribution in [1.29, 1.82) is 0 Å². The van der Waals surface area contributed by atoms with Gasteiger partial charge in [-0.3, -0.25) is 29.2 Å². The average molecular weight is 1160 g/mol. The summed E-state index contributed by atoms with van der Waals surface area (Å²) in [5, 5.41) is 1.16. The van der Waals surface area contributed by atoms with Crippen LogP contribution in [0.15, 0.2) is 142 Å². The van der Waals surface area contributed by atoms with Gasteiger partial charge >= 0.3 is 11.9 Å². The van der Waals surface area contributed by atoms with Crippen LogP contribution in [0.2, 0.25) is 10.0 Å². The number of carbonyl (C=O) groups is 2. The molecule has 2 atom stereocenters. The van der Waals surface area contributed by atoms with Crippen LogP contribution in [0.4, 0.5) is 17.6 Å². The highest BCUT2D eigenvalue weighted by Crippen LogP contribution is 2.36. The monoisotopic (exact) mass is 1160 g/mol. The van der Waals surface area contributed by atoms with Gasteiger partial charge in [0.1, 0.15) is 41.9 Å². The minimum atomic E-state index is -0.710. The number of ether oxygens (including phenoxy) is 2. The largest absolute Gasteiger partial charge is 0.460 e. The Morgan fingerprint density at radius 2 is 0.818 bits per heavy atom. The molecule has 2 aliphatic rings. The normalized spacial score (nSPS) is 15.9. The molecule has 0 saturated carbocycles. The number of thiazole rings is 2. The van der Waals surface area contributed by atoms with Crippen LogP contribution < -0.4 is 0 Å². The summed E-state index contributed by atoms with van der Waals surface area (Å²) in [7, 11) is 0. The Labute approximate surface area is 470 Å². The first-order valence-corrected chi connectivity index (χ1v) is 29.4. The SMILES string of the molecule is O=C(CC(=O)OC(CSc1nc2cc(Cl)ccc2s1)CN1CCN(C(c2ccc(F)cc2)c2ccc(F)cc2)CC1)OC(CSc1nc2cc(Cl)ccc2s1)CN1CCN(C(c2ccc(F)cc2)c2ccc(F)cc2)CC1. The number of halogens is 6. The number of fused-ring (bicyclic) bond motifs is 2. The molecule has 2 aliphatic heterocycles. The Balaban J connectivity index is 0.809. The summed E-state index contributed by atoms with van der Waals surface area (Å²) in [6.45, 7) is 5.75. The molecule has 0 N–H and O–H groups in total. The molecule has 2 fully saturated rings. The van der Waals surface area contributed by atoms with Crippen LogP contribution in [-0.2, 0) is 19.1 Å². The van der Waals surface area contributed by atoms with Crippen molar-refractivity contribution in [2.75, 3.05) is 77.0 Å². The first-order valence-electron chi connectivity index (χ1n) is 25.1. The Morgan fingerprint density at radius 1 is 0.494 bits per heavy atom. The summed E-state index contributed by atoms with van der Waals surface area (Å²) >= 11 is 18.5. The summed E-state index contributed by atoms with van der Waals surface area (Å²) in [6.07, 6.45) is -1.86. The molecule has 2 aromatic heterocycles. The molecule has 4 heterocycles. The van der Waals surface area contributed by atoms with E-state index in [4.69, 9.17) is 42.6 Å². The van der Waals surface area contributed by atoms with Crippen LogP contribution in [-0.4, -0.2) is 131 Å². The molecule has 2 saturated heterocycles. The lowest BCUT2D eigenvalue weighted by Crippen LogP contribution is -2.50. The van der Waals surface area contributed by atoms with Gasteiger partial charge in [-0.05, 0) is 107 Å². The number of aromatic nitrogens is 2. The van der Waals surface area contributed by atoms with Gasteiger partial charge < -0.3 is 9.47 Å². The fraction of sp³-hybridized carbons (Fsp3) is 0.298. The molecule has 0 bridgehead atoms. The molecular weight excluding hydrogens is 1110 g/mol. The van der Waals surface area contributed by atoms with E-state index in [1.807, 2.05) is 36.4 Å². The molecule has 6 aromatic carbocycles. The van der Waals surface area contributed by atoms with Crippen molar-refractivity contribution < 1.29 is 36.6 Å². The highest BCUT2D eigenvalue weighted by molar-refractivity contribution is 8.01. The van der Waals surface area contributed by atoms with Gasteiger partial charge in [-0.1, -0.05) is 95.3 Å². The molecule has 0 aliphatic carbocycles. The van der Waals surface area contributed by atoms with E-state index in [0.29, 0.717) is 87.0 Å². The standard InChI is InChI=1S/C57H52Cl2F4N6O4S4/c58-40-9-19-50-48(29-40)64-56(76-50)74-34-46(32-66-21-25-68(26-22-66)54(36-1-11-42(60)12-2-36)37-3-13-43(61)14-4-37)72-52(70)31-53(71)73-47(35-75-57-65-49-30-41(59)10-20-51(49)77-57)33-67-23-27-69(28-24-67)55(38-5-15-44(62)16-6-38)39-7-17-45(63)18-8-39/h1-20,29-30,46-47,54-55H,21-28,31-35H2. The number of hydrogen-bond acceptors (Lipinski definition) is 14. The van der Waals surface area contributed by atoms with E-state index in [1.165, 1.54) is 94.7 Å². The smallest absolute Gasteiger partial charge is 0.317 e. The Kier molecular flexibility index (Phi) is 18.5. The van der Waals surface area contributed by atoms with E-state index in [0.717, 1.165) is 51.4 Å². The second kappa shape index (κ2) is 25.8. The molecule has 77 heavy (non-hydrogen) atoms. The molecule has 10 nitrogen and oxygen atoms in total. The highest BCUT2D eigenvalue weighted by Gasteiger charge is 2.32. The van der Waals surface area contributed by atoms with Gasteiger partial charge in [0.25, 0.3) is 0 Å². The van der Waals surface area contributed by atoms with Crippen molar-refractivity contribution in [1.82, 2.24) is 29.6 Å². The second-order valence-electron chi connectivity index (χ2n) is 18.9. The molecule has 0 radical (unpaired) electrons. The summed E-state index contributed by atoms with van der Waals surface area (Å²) in [4.78, 5) is 46.4. The van der Waals surface area contributed by atoms with E-state index in [1.54, 1.807) is 48.5 Å². The van der Waals surface area contributed by atoms with Crippen molar-refractivity contribution in [3.05, 3.63) is 189 Å². The zero-order valence-electron chi connectivity index (χ0n) is 41.4. The molecule has 10 rings (SSSR count). The zero-order valence-corrected chi connectivity index (χ0v) is 46.2. The lowest BCUT2D eigenvalue weighted by Gasteiger charge is -2.40. The zero-order chi connectivity index (χ0) is 53.4. The van der Waals surface area contributed by atoms with E-state index in [9.17, 15) is 27.2 Å². The second-order valence-corrected chi connectivity index (χ2v) is 24.4. The maximum Gasteiger partial charge on any atom is 0.317 e. The third-order valence-electron chi connectivity index (χ3n) is 13.5. The Morgan fingerprint density at radius 3 is 1.14 bits per heavy atom. The summed E-state index contributed by atoms with van der Waals surface area (Å²) in [5.41, 5.74) is 5.10. The van der Waals surface area contributed by atoms with Crippen molar-refractivity contribution >= 4 is 102 Å². The first kappa shape index (κ1) is 55.2. The molecule has 20 heteroatoms. The summed E-state index contributed by atoms with van der Waals surface area (Å²) in [5.74, 6) is -2.05. The van der Waals surface area contributed by atoms with E-state index < -0.39 is 30.6 Å². The lowest BCUT2D eigenvalue weighted by molar-refractivity contribution is -0.160. The maximum absolute atomic E-state index is 14.1. The van der Waals surface area contributed by atoms with E-state index in [2.05, 4.69) is 19.6 Å². The van der Waals surface area contributed by atoms with Crippen LogP contribution in [0.25, 0.3) is 20.4 Å². The van der Waals surface area contributed by atoms with Gasteiger partial charge in [-0.25, -0.2) is 27.5 Å². The first-order chi connectivity index (χ1) is 37.3. The Hall–Kier alpha value is -5.12. The number of rotatable bonds is 20. The van der Waals surface area contributed by atoms with Gasteiger partial charge in [0.05, 0.1) is 32.5 Å². The number of benzene rings is 6. The van der Waals surface area contributed by atoms with Crippen molar-refractivity contribution in [3.63, 3.8) is 0 Å². The van der Waals surface area contributed by atoms with E-state index >= 15 is 0 Å². The van der Waals surface area contributed by atoms with Gasteiger partial charge in [-0.15, -0.1) is 22.7 Å². The number of thioether (sulfide) groups is 2. The predicted molar refractivity (Wildman–Crippen MR) is 300 cm³/mol. The molecule has 400 valence electrons. The predicted octanol–water partition coefficient (Wildman–Crippen LogP) is 12.7. The van der Waals surface area contributed by atoms with Crippen LogP contribution >= 0.6 is 69.4 Å². The van der Waals surface area contributed by atoms with Gasteiger partial charge in [0, 0.05) is 87.0 Å². The minimum Gasteiger partial charge on any atom is -0.460 e. The number of esters is 2. The highest BCUT2D eigenvalue weighted by atomic mass is 35.5. The quantitative estimate of drug-likeness (QED) is 0.0315. The third kappa shape index (κ3) is 14.8. The maximum atomic E-state index is 14.1. The average Bonchev–Trinajstić information content (AvgIpc) is 4.03. The van der Waals surface area contributed by atoms with Crippen molar-refractivity contribution in [3.8, 4) is 0 Å². The fourth-order valence-electron chi connectivity index (χ4n) is 9.82. The summed E-state index contributed by atoms with van der Waals surface area (Å²) in [6, 6.07) is 36.2. The van der Waals surface area contributed by atoms with Crippen molar-refractivity contribution in [2.45, 2.75) is 39.4 Å². The molecule has 8 aromatic rings. The van der Waals surface area contributed by atoms with Crippen LogP contribution in [0.1, 0.15) is 40.8 Å². The fourth-order valence-corrected chi connectivity index (χ4v) is 14.3. The molecule has 2 unspecified atom stereocenters. The number of piperazine rings is 2.